The summed E-state index contributed by atoms with van der Waals surface area (Å²) in [5, 5.41) is 0. The highest BCUT2D eigenvalue weighted by Crippen LogP contribution is 2.32. The van der Waals surface area contributed by atoms with Crippen LogP contribution in [-0.2, 0) is 10.0 Å². The second-order valence-electron chi connectivity index (χ2n) is 4.54. The first-order chi connectivity index (χ1) is 9.85. The molecule has 3 aromatic rings. The van der Waals surface area contributed by atoms with Crippen LogP contribution in [0.1, 0.15) is 11.5 Å². The van der Waals surface area contributed by atoms with Crippen molar-refractivity contribution in [1.29, 1.82) is 0 Å². The van der Waals surface area contributed by atoms with Crippen LogP contribution in [0.5, 0.6) is 0 Å². The Morgan fingerprint density at radius 2 is 2.05 bits per heavy atom. The normalized spacial score (nSPS) is 12.0. The van der Waals surface area contributed by atoms with E-state index in [1.807, 2.05) is 6.92 Å². The number of thiophene rings is 1. The number of sulfonamides is 1. The van der Waals surface area contributed by atoms with Gasteiger partial charge in [0, 0.05) is 6.92 Å². The zero-order chi connectivity index (χ0) is 15.2. The van der Waals surface area contributed by atoms with Gasteiger partial charge in [-0.1, -0.05) is 0 Å². The van der Waals surface area contributed by atoms with E-state index in [9.17, 15) is 8.42 Å². The standard InChI is InChI=1S/C13H11BrN2O3S2/c1-7-5-12(20-13(7)14)21(17,18)16-9-3-4-11-10(6-9)15-8(2)19-11/h3-6,16H,1-2H3. The third-order valence-corrected chi connectivity index (χ3v) is 6.84. The van der Waals surface area contributed by atoms with Crippen LogP contribution in [0.3, 0.4) is 0 Å². The molecule has 0 saturated carbocycles. The van der Waals surface area contributed by atoms with Gasteiger partial charge in [-0.15, -0.1) is 11.3 Å². The van der Waals surface area contributed by atoms with E-state index < -0.39 is 10.0 Å². The maximum atomic E-state index is 12.3. The summed E-state index contributed by atoms with van der Waals surface area (Å²) in [7, 11) is -3.60. The van der Waals surface area contributed by atoms with Gasteiger partial charge in [-0.3, -0.25) is 4.72 Å². The lowest BCUT2D eigenvalue weighted by Crippen LogP contribution is -2.11. The van der Waals surface area contributed by atoms with E-state index in [0.29, 0.717) is 22.7 Å². The molecular weight excluding hydrogens is 376 g/mol. The predicted octanol–water partition coefficient (Wildman–Crippen LogP) is 4.07. The Labute approximate surface area is 134 Å². The third kappa shape index (κ3) is 2.83. The molecule has 3 rings (SSSR count). The van der Waals surface area contributed by atoms with Crippen molar-refractivity contribution in [2.24, 2.45) is 0 Å². The fraction of sp³-hybridized carbons (Fsp3) is 0.154. The van der Waals surface area contributed by atoms with Gasteiger partial charge in [-0.05, 0) is 52.7 Å². The summed E-state index contributed by atoms with van der Waals surface area (Å²) < 4.78 is 33.7. The van der Waals surface area contributed by atoms with Crippen molar-refractivity contribution in [3.63, 3.8) is 0 Å². The van der Waals surface area contributed by atoms with Crippen LogP contribution in [0, 0.1) is 13.8 Å². The molecule has 2 heterocycles. The quantitative estimate of drug-likeness (QED) is 0.736. The topological polar surface area (TPSA) is 72.2 Å². The molecule has 0 atom stereocenters. The van der Waals surface area contributed by atoms with Gasteiger partial charge < -0.3 is 4.42 Å². The van der Waals surface area contributed by atoms with Crippen LogP contribution in [0.25, 0.3) is 11.1 Å². The van der Waals surface area contributed by atoms with Crippen LogP contribution in [-0.4, -0.2) is 13.4 Å². The van der Waals surface area contributed by atoms with Crippen molar-refractivity contribution in [2.45, 2.75) is 18.1 Å². The van der Waals surface area contributed by atoms with Gasteiger partial charge in [0.1, 0.15) is 9.73 Å². The number of hydrogen-bond acceptors (Lipinski definition) is 5. The molecule has 2 aromatic heterocycles. The van der Waals surface area contributed by atoms with Gasteiger partial charge in [0.2, 0.25) is 0 Å². The molecule has 0 fully saturated rings. The van der Waals surface area contributed by atoms with Crippen molar-refractivity contribution in [1.82, 2.24) is 4.98 Å². The number of hydrogen-bond donors (Lipinski definition) is 1. The highest BCUT2D eigenvalue weighted by molar-refractivity contribution is 9.11. The molecule has 8 heteroatoms. The molecule has 1 aromatic carbocycles. The van der Waals surface area contributed by atoms with Crippen molar-refractivity contribution in [2.75, 3.05) is 4.72 Å². The highest BCUT2D eigenvalue weighted by Gasteiger charge is 2.19. The second kappa shape index (κ2) is 5.11. The summed E-state index contributed by atoms with van der Waals surface area (Å²) in [5.41, 5.74) is 2.60. The molecule has 21 heavy (non-hydrogen) atoms. The van der Waals surface area contributed by atoms with E-state index >= 15 is 0 Å². The molecule has 0 bridgehead atoms. The van der Waals surface area contributed by atoms with Crippen molar-refractivity contribution < 1.29 is 12.8 Å². The third-order valence-electron chi connectivity index (χ3n) is 2.85. The van der Waals surface area contributed by atoms with Gasteiger partial charge in [-0.25, -0.2) is 13.4 Å². The second-order valence-corrected chi connectivity index (χ2v) is 8.82. The monoisotopic (exact) mass is 386 g/mol. The van der Waals surface area contributed by atoms with Gasteiger partial charge >= 0.3 is 0 Å². The molecule has 5 nitrogen and oxygen atoms in total. The number of nitrogens with zero attached hydrogens (tertiary/aromatic N) is 1. The minimum absolute atomic E-state index is 0.267. The molecule has 0 aliphatic rings. The van der Waals surface area contributed by atoms with Crippen molar-refractivity contribution in [3.8, 4) is 0 Å². The van der Waals surface area contributed by atoms with E-state index in [4.69, 9.17) is 4.42 Å². The van der Waals surface area contributed by atoms with Crippen LogP contribution in [0.2, 0.25) is 0 Å². The number of oxazole rings is 1. The number of benzene rings is 1. The maximum absolute atomic E-state index is 12.3. The Bertz CT molecular complexity index is 909. The Kier molecular flexibility index (Phi) is 3.54. The first-order valence-corrected chi connectivity index (χ1v) is 9.10. The molecule has 0 spiro atoms. The molecule has 0 aliphatic heterocycles. The van der Waals surface area contributed by atoms with Crippen molar-refractivity contribution >= 4 is 54.1 Å². The number of anilines is 1. The summed E-state index contributed by atoms with van der Waals surface area (Å²) in [4.78, 5) is 4.19. The highest BCUT2D eigenvalue weighted by atomic mass is 79.9. The summed E-state index contributed by atoms with van der Waals surface area (Å²) in [6.45, 7) is 3.60. The van der Waals surface area contributed by atoms with Crippen molar-refractivity contribution in [3.05, 3.63) is 39.5 Å². The minimum atomic E-state index is -3.60. The Morgan fingerprint density at radius 3 is 2.71 bits per heavy atom. The molecule has 1 N–H and O–H groups in total. The van der Waals surface area contributed by atoms with Crippen LogP contribution < -0.4 is 4.72 Å². The Balaban J connectivity index is 1.96. The SMILES string of the molecule is Cc1nc2cc(NS(=O)(=O)c3cc(C)c(Br)s3)ccc2o1. The molecule has 0 aliphatic carbocycles. The van der Waals surface area contributed by atoms with Gasteiger partial charge in [0.15, 0.2) is 11.5 Å². The largest absolute Gasteiger partial charge is 0.441 e. The van der Waals surface area contributed by atoms with E-state index in [1.54, 1.807) is 31.2 Å². The van der Waals surface area contributed by atoms with E-state index in [0.717, 1.165) is 9.35 Å². The molecular formula is C13H11BrN2O3S2. The van der Waals surface area contributed by atoms with Gasteiger partial charge in [0.25, 0.3) is 10.0 Å². The fourth-order valence-electron chi connectivity index (χ4n) is 1.88. The number of aryl methyl sites for hydroxylation is 2. The first-order valence-electron chi connectivity index (χ1n) is 6.01. The summed E-state index contributed by atoms with van der Waals surface area (Å²) in [6.07, 6.45) is 0. The van der Waals surface area contributed by atoms with Crippen LogP contribution in [0.4, 0.5) is 5.69 Å². The number of rotatable bonds is 3. The van der Waals surface area contributed by atoms with E-state index in [2.05, 4.69) is 25.6 Å². The van der Waals surface area contributed by atoms with Gasteiger partial charge in [0.05, 0.1) is 9.47 Å². The minimum Gasteiger partial charge on any atom is -0.441 e. The lowest BCUT2D eigenvalue weighted by molar-refractivity contribution is 0.561. The Morgan fingerprint density at radius 1 is 1.29 bits per heavy atom. The average molecular weight is 387 g/mol. The molecule has 0 radical (unpaired) electrons. The van der Waals surface area contributed by atoms with E-state index in [-0.39, 0.29) is 4.21 Å². The van der Waals surface area contributed by atoms with Gasteiger partial charge in [-0.2, -0.15) is 0 Å². The zero-order valence-corrected chi connectivity index (χ0v) is 14.4. The predicted molar refractivity (Wildman–Crippen MR) is 86.3 cm³/mol. The number of fused-ring (bicyclic) bond motifs is 1. The lowest BCUT2D eigenvalue weighted by Gasteiger charge is -2.05. The summed E-state index contributed by atoms with van der Waals surface area (Å²) >= 11 is 4.51. The zero-order valence-electron chi connectivity index (χ0n) is 11.2. The van der Waals surface area contributed by atoms with Crippen LogP contribution >= 0.6 is 27.3 Å². The molecule has 0 saturated heterocycles. The number of nitrogens with one attached hydrogen (secondary N) is 1. The number of halogens is 1. The smallest absolute Gasteiger partial charge is 0.271 e. The first kappa shape index (κ1) is 14.6. The summed E-state index contributed by atoms with van der Waals surface area (Å²) in [5.74, 6) is 0.544. The lowest BCUT2D eigenvalue weighted by atomic mass is 10.3. The average Bonchev–Trinajstić information content (AvgIpc) is 2.91. The number of aromatic nitrogens is 1. The summed E-state index contributed by atoms with van der Waals surface area (Å²) in [6, 6.07) is 6.64. The molecule has 110 valence electrons. The van der Waals surface area contributed by atoms with Crippen LogP contribution in [0.15, 0.2) is 36.7 Å². The Hall–Kier alpha value is -1.38. The maximum Gasteiger partial charge on any atom is 0.271 e. The fourth-order valence-corrected chi connectivity index (χ4v) is 5.15. The molecule has 0 unspecified atom stereocenters. The molecule has 0 amide bonds. The van der Waals surface area contributed by atoms with E-state index in [1.165, 1.54) is 11.3 Å².